The molecule has 2 N–H and O–H groups in total. The lowest BCUT2D eigenvalue weighted by atomic mass is 9.80. The van der Waals surface area contributed by atoms with Gasteiger partial charge in [0.15, 0.2) is 0 Å². The SMILES string of the molecule is CC(C)(C)c1c(C(F)(F)F)ccc(N)c1C#N. The van der Waals surface area contributed by atoms with E-state index in [4.69, 9.17) is 11.0 Å². The summed E-state index contributed by atoms with van der Waals surface area (Å²) in [6.45, 7) is 4.87. The van der Waals surface area contributed by atoms with Crippen molar-refractivity contribution in [3.63, 3.8) is 0 Å². The minimum Gasteiger partial charge on any atom is -0.398 e. The summed E-state index contributed by atoms with van der Waals surface area (Å²) in [7, 11) is 0. The molecule has 0 aliphatic rings. The van der Waals surface area contributed by atoms with Gasteiger partial charge in [-0.15, -0.1) is 0 Å². The van der Waals surface area contributed by atoms with E-state index < -0.39 is 17.2 Å². The van der Waals surface area contributed by atoms with Crippen LogP contribution in [0.1, 0.15) is 37.5 Å². The normalized spacial score (nSPS) is 12.3. The number of nitrogens with two attached hydrogens (primary N) is 1. The van der Waals surface area contributed by atoms with Crippen LogP contribution in [0.15, 0.2) is 12.1 Å². The van der Waals surface area contributed by atoms with Crippen LogP contribution in [0.4, 0.5) is 18.9 Å². The Kier molecular flexibility index (Phi) is 3.11. The first-order valence-corrected chi connectivity index (χ1v) is 4.99. The summed E-state index contributed by atoms with van der Waals surface area (Å²) in [5, 5.41) is 8.96. The molecule has 0 aliphatic heterocycles. The monoisotopic (exact) mass is 242 g/mol. The van der Waals surface area contributed by atoms with Gasteiger partial charge in [-0.05, 0) is 23.1 Å². The smallest absolute Gasteiger partial charge is 0.398 e. The number of rotatable bonds is 0. The van der Waals surface area contributed by atoms with E-state index in [1.807, 2.05) is 0 Å². The van der Waals surface area contributed by atoms with Gasteiger partial charge in [0, 0.05) is 5.69 Å². The third-order valence-corrected chi connectivity index (χ3v) is 2.40. The fraction of sp³-hybridized carbons (Fsp3) is 0.417. The van der Waals surface area contributed by atoms with E-state index in [-0.39, 0.29) is 16.8 Å². The molecule has 0 bridgehead atoms. The Morgan fingerprint density at radius 1 is 1.18 bits per heavy atom. The highest BCUT2D eigenvalue weighted by Gasteiger charge is 2.38. The maximum absolute atomic E-state index is 12.9. The number of benzene rings is 1. The summed E-state index contributed by atoms with van der Waals surface area (Å²) in [4.78, 5) is 0. The molecular formula is C12H13F3N2. The standard InChI is InChI=1S/C12H13F3N2/c1-11(2,3)10-7(6-16)9(17)5-4-8(10)12(13,14)15/h4-5H,17H2,1-3H3. The summed E-state index contributed by atoms with van der Waals surface area (Å²) < 4.78 is 38.6. The Balaban J connectivity index is 3.72. The van der Waals surface area contributed by atoms with Crippen molar-refractivity contribution >= 4 is 5.69 Å². The predicted octanol–water partition coefficient (Wildman–Crippen LogP) is 3.46. The molecule has 1 rings (SSSR count). The Morgan fingerprint density at radius 3 is 2.06 bits per heavy atom. The second kappa shape index (κ2) is 3.95. The average molecular weight is 242 g/mol. The van der Waals surface area contributed by atoms with Gasteiger partial charge >= 0.3 is 6.18 Å². The van der Waals surface area contributed by atoms with Crippen LogP contribution in [0.3, 0.4) is 0 Å². The molecule has 0 unspecified atom stereocenters. The maximum Gasteiger partial charge on any atom is 0.416 e. The third kappa shape index (κ3) is 2.52. The lowest BCUT2D eigenvalue weighted by Gasteiger charge is -2.26. The molecule has 1 aromatic carbocycles. The molecule has 0 spiro atoms. The largest absolute Gasteiger partial charge is 0.416 e. The molecule has 1 aromatic rings. The van der Waals surface area contributed by atoms with Crippen molar-refractivity contribution in [3.05, 3.63) is 28.8 Å². The molecule has 0 heterocycles. The van der Waals surface area contributed by atoms with Crippen molar-refractivity contribution < 1.29 is 13.2 Å². The zero-order valence-electron chi connectivity index (χ0n) is 9.81. The number of nitriles is 1. The van der Waals surface area contributed by atoms with Gasteiger partial charge in [0.1, 0.15) is 6.07 Å². The maximum atomic E-state index is 12.9. The number of hydrogen-bond acceptors (Lipinski definition) is 2. The third-order valence-electron chi connectivity index (χ3n) is 2.40. The highest BCUT2D eigenvalue weighted by molar-refractivity contribution is 5.62. The van der Waals surface area contributed by atoms with Gasteiger partial charge in [-0.2, -0.15) is 18.4 Å². The van der Waals surface area contributed by atoms with Gasteiger partial charge in [0.25, 0.3) is 0 Å². The minimum absolute atomic E-state index is 0.0486. The van der Waals surface area contributed by atoms with Crippen molar-refractivity contribution in [3.8, 4) is 6.07 Å². The van der Waals surface area contributed by atoms with Crippen LogP contribution in [-0.2, 0) is 11.6 Å². The number of alkyl halides is 3. The lowest BCUT2D eigenvalue weighted by molar-refractivity contribution is -0.138. The van der Waals surface area contributed by atoms with Crippen molar-refractivity contribution in [1.82, 2.24) is 0 Å². The minimum atomic E-state index is -4.48. The molecule has 92 valence electrons. The lowest BCUT2D eigenvalue weighted by Crippen LogP contribution is -2.22. The van der Waals surface area contributed by atoms with E-state index in [0.29, 0.717) is 0 Å². The van der Waals surface area contributed by atoms with E-state index in [1.54, 1.807) is 26.8 Å². The number of nitrogen functional groups attached to an aromatic ring is 1. The van der Waals surface area contributed by atoms with Crippen LogP contribution < -0.4 is 5.73 Å². The van der Waals surface area contributed by atoms with Gasteiger partial charge in [-0.3, -0.25) is 0 Å². The van der Waals surface area contributed by atoms with Crippen LogP contribution in [0.2, 0.25) is 0 Å². The van der Waals surface area contributed by atoms with E-state index in [0.717, 1.165) is 12.1 Å². The summed E-state index contributed by atoms with van der Waals surface area (Å²) in [6.07, 6.45) is -4.48. The predicted molar refractivity (Wildman–Crippen MR) is 59.3 cm³/mol. The van der Waals surface area contributed by atoms with Crippen LogP contribution in [0, 0.1) is 11.3 Å². The number of anilines is 1. The molecule has 17 heavy (non-hydrogen) atoms. The Hall–Kier alpha value is -1.70. The first-order valence-electron chi connectivity index (χ1n) is 4.99. The van der Waals surface area contributed by atoms with E-state index >= 15 is 0 Å². The van der Waals surface area contributed by atoms with Crippen LogP contribution >= 0.6 is 0 Å². The molecule has 0 aromatic heterocycles. The fourth-order valence-corrected chi connectivity index (χ4v) is 1.75. The van der Waals surface area contributed by atoms with Crippen molar-refractivity contribution in [1.29, 1.82) is 5.26 Å². The van der Waals surface area contributed by atoms with Gasteiger partial charge in [-0.25, -0.2) is 0 Å². The first kappa shape index (κ1) is 13.4. The zero-order chi connectivity index (χ0) is 13.4. The summed E-state index contributed by atoms with van der Waals surface area (Å²) >= 11 is 0. The quantitative estimate of drug-likeness (QED) is 0.708. The molecule has 0 saturated carbocycles. The van der Waals surface area contributed by atoms with Gasteiger partial charge in [-0.1, -0.05) is 20.8 Å². The van der Waals surface area contributed by atoms with Crippen molar-refractivity contribution in [2.24, 2.45) is 0 Å². The fourth-order valence-electron chi connectivity index (χ4n) is 1.75. The summed E-state index contributed by atoms with van der Waals surface area (Å²) in [5.41, 5.74) is 3.89. The molecule has 0 fully saturated rings. The van der Waals surface area contributed by atoms with E-state index in [1.165, 1.54) is 0 Å². The molecule has 0 atom stereocenters. The highest BCUT2D eigenvalue weighted by atomic mass is 19.4. The Labute approximate surface area is 97.9 Å². The van der Waals surface area contributed by atoms with Crippen LogP contribution in [0.5, 0.6) is 0 Å². The first-order chi connectivity index (χ1) is 7.59. The average Bonchev–Trinajstić information content (AvgIpc) is 2.13. The Morgan fingerprint density at radius 2 is 1.71 bits per heavy atom. The summed E-state index contributed by atoms with van der Waals surface area (Å²) in [5.74, 6) is 0. The second-order valence-electron chi connectivity index (χ2n) is 4.81. The summed E-state index contributed by atoms with van der Waals surface area (Å²) in [6, 6.07) is 3.81. The molecule has 0 amide bonds. The van der Waals surface area contributed by atoms with E-state index in [2.05, 4.69) is 0 Å². The molecule has 5 heteroatoms. The van der Waals surface area contributed by atoms with Crippen LogP contribution in [0.25, 0.3) is 0 Å². The van der Waals surface area contributed by atoms with E-state index in [9.17, 15) is 13.2 Å². The van der Waals surface area contributed by atoms with Gasteiger partial charge in [0.2, 0.25) is 0 Å². The second-order valence-corrected chi connectivity index (χ2v) is 4.81. The number of nitrogens with zero attached hydrogens (tertiary/aromatic N) is 1. The van der Waals surface area contributed by atoms with Crippen LogP contribution in [-0.4, -0.2) is 0 Å². The topological polar surface area (TPSA) is 49.8 Å². The van der Waals surface area contributed by atoms with Gasteiger partial charge < -0.3 is 5.73 Å². The van der Waals surface area contributed by atoms with Crippen molar-refractivity contribution in [2.45, 2.75) is 32.4 Å². The Bertz CT molecular complexity index is 476. The highest BCUT2D eigenvalue weighted by Crippen LogP contribution is 2.40. The van der Waals surface area contributed by atoms with Crippen molar-refractivity contribution in [2.75, 3.05) is 5.73 Å². The van der Waals surface area contributed by atoms with Gasteiger partial charge in [0.05, 0.1) is 11.1 Å². The molecule has 2 nitrogen and oxygen atoms in total. The molecular weight excluding hydrogens is 229 g/mol. The zero-order valence-corrected chi connectivity index (χ0v) is 9.81. The molecule has 0 aliphatic carbocycles. The molecule has 0 radical (unpaired) electrons. The molecule has 0 saturated heterocycles. The number of halogens is 3. The number of hydrogen-bond donors (Lipinski definition) is 1.